The van der Waals surface area contributed by atoms with Gasteiger partial charge in [0.15, 0.2) is 11.5 Å². The zero-order valence-electron chi connectivity index (χ0n) is 21.4. The maximum atomic E-state index is 13.5. The van der Waals surface area contributed by atoms with Gasteiger partial charge in [-0.2, -0.15) is 0 Å². The van der Waals surface area contributed by atoms with Gasteiger partial charge in [0.1, 0.15) is 14.3 Å². The normalized spacial score (nSPS) is 37.9. The van der Waals surface area contributed by atoms with E-state index in [2.05, 4.69) is 5.32 Å². The van der Waals surface area contributed by atoms with Crippen LogP contribution in [-0.4, -0.2) is 26.3 Å². The summed E-state index contributed by atoms with van der Waals surface area (Å²) in [4.78, 5) is 0. The largest absolute Gasteiger partial charge is 0.493 e. The molecule has 2 heterocycles. The molecule has 0 bridgehead atoms. The van der Waals surface area contributed by atoms with Crippen molar-refractivity contribution in [1.29, 1.82) is 0 Å². The van der Waals surface area contributed by atoms with E-state index in [1.807, 2.05) is 0 Å². The van der Waals surface area contributed by atoms with E-state index in [9.17, 15) is 4.39 Å². The van der Waals surface area contributed by atoms with Crippen molar-refractivity contribution >= 4 is 0 Å². The summed E-state index contributed by atoms with van der Waals surface area (Å²) in [5, 5.41) is 2.12. The monoisotopic (exact) mass is 338 g/mol. The van der Waals surface area contributed by atoms with Crippen LogP contribution < -0.4 is 19.5 Å². The highest BCUT2D eigenvalue weighted by molar-refractivity contribution is 5.46. The first kappa shape index (κ1) is 8.21. The summed E-state index contributed by atoms with van der Waals surface area (Å²) >= 11 is 0. The average Bonchev–Trinajstić information content (AvgIpc) is 2.91. The molecule has 1 unspecified atom stereocenters. The predicted octanol–water partition coefficient (Wildman–Crippen LogP) is 3.33. The van der Waals surface area contributed by atoms with Gasteiger partial charge in [-0.05, 0) is 48.6 Å². The SMILES string of the molecule is [2H]C1([2H])C[C@@]([2H])(c2ccc(F)cc2)C(C([2H])([2H])Oc2ccc3c(c2)OC([2H])([2H])O3)C([2H])([2H])N1. The van der Waals surface area contributed by atoms with Crippen molar-refractivity contribution in [2.24, 2.45) is 5.92 Å². The standard InChI is InChI=1S/C19H20FNO3/c20-15-3-1-13(2-4-15)17-7-8-21-10-14(17)11-22-16-5-6-18-19(9-16)24-12-23-18/h1-6,9,14,17,21H,7-8,10-12H2/t14?,17-/m0/s1/i8D2,10D2,11D2,12D2,17D. The molecular weight excluding hydrogens is 309 g/mol. The lowest BCUT2D eigenvalue weighted by molar-refractivity contribution is 0.173. The van der Waals surface area contributed by atoms with Crippen LogP contribution in [0.5, 0.6) is 17.2 Å². The second kappa shape index (κ2) is 6.69. The Morgan fingerprint density at radius 2 is 2.08 bits per heavy atom. The molecule has 2 aliphatic heterocycles. The Balaban J connectivity index is 1.74. The van der Waals surface area contributed by atoms with Crippen LogP contribution in [0.4, 0.5) is 4.39 Å². The molecule has 0 amide bonds. The van der Waals surface area contributed by atoms with Crippen LogP contribution in [-0.2, 0) is 0 Å². The number of fused-ring (bicyclic) bond motifs is 1. The summed E-state index contributed by atoms with van der Waals surface area (Å²) in [6.07, 6.45) is -0.639. The maximum Gasteiger partial charge on any atom is 0.231 e. The van der Waals surface area contributed by atoms with Gasteiger partial charge in [0.05, 0.1) is 9.30 Å². The fraction of sp³-hybridized carbons (Fsp3) is 0.368. The highest BCUT2D eigenvalue weighted by Crippen LogP contribution is 2.36. The van der Waals surface area contributed by atoms with Crippen molar-refractivity contribution in [2.45, 2.75) is 12.3 Å². The first-order valence-electron chi connectivity index (χ1n) is 11.8. The van der Waals surface area contributed by atoms with Crippen LogP contribution in [0.3, 0.4) is 0 Å². The third-order valence-corrected chi connectivity index (χ3v) is 3.66. The summed E-state index contributed by atoms with van der Waals surface area (Å²) in [6.45, 7) is -10.4. The molecule has 2 atom stereocenters. The van der Waals surface area contributed by atoms with Gasteiger partial charge in [0.2, 0.25) is 6.75 Å². The van der Waals surface area contributed by atoms with Crippen molar-refractivity contribution in [3.8, 4) is 17.2 Å². The molecule has 126 valence electrons. The zero-order chi connectivity index (χ0) is 24.4. The Morgan fingerprint density at radius 3 is 2.96 bits per heavy atom. The third-order valence-electron chi connectivity index (χ3n) is 3.66. The summed E-state index contributed by atoms with van der Waals surface area (Å²) < 4.78 is 103. The Bertz CT molecular complexity index is 1070. The van der Waals surface area contributed by atoms with E-state index in [-0.39, 0.29) is 22.8 Å². The van der Waals surface area contributed by atoms with Crippen molar-refractivity contribution in [3.05, 3.63) is 53.8 Å². The van der Waals surface area contributed by atoms with Crippen LogP contribution in [0.25, 0.3) is 0 Å². The summed E-state index contributed by atoms with van der Waals surface area (Å²) in [5.74, 6) is -4.85. The molecule has 5 heteroatoms. The van der Waals surface area contributed by atoms with E-state index >= 15 is 0 Å². The lowest BCUT2D eigenvalue weighted by Crippen LogP contribution is -2.38. The van der Waals surface area contributed by atoms with Gasteiger partial charge in [0.25, 0.3) is 0 Å². The van der Waals surface area contributed by atoms with Crippen molar-refractivity contribution in [3.63, 3.8) is 0 Å². The van der Waals surface area contributed by atoms with Crippen molar-refractivity contribution in [2.75, 3.05) is 26.3 Å². The van der Waals surface area contributed by atoms with Crippen LogP contribution in [0, 0.1) is 11.7 Å². The predicted molar refractivity (Wildman–Crippen MR) is 88.2 cm³/mol. The van der Waals surface area contributed by atoms with Gasteiger partial charge in [-0.3, -0.25) is 0 Å². The van der Waals surface area contributed by atoms with E-state index in [0.717, 1.165) is 12.1 Å². The zero-order valence-corrected chi connectivity index (χ0v) is 12.4. The Hall–Kier alpha value is -2.27. The van der Waals surface area contributed by atoms with Crippen LogP contribution in [0.2, 0.25) is 0 Å². The number of hydrogen-bond donors (Lipinski definition) is 1. The molecule has 24 heavy (non-hydrogen) atoms. The molecule has 2 aromatic carbocycles. The highest BCUT2D eigenvalue weighted by atomic mass is 19.1. The van der Waals surface area contributed by atoms with Gasteiger partial charge in [-0.25, -0.2) is 4.39 Å². The molecule has 4 nitrogen and oxygen atoms in total. The minimum atomic E-state index is -2.88. The van der Waals surface area contributed by atoms with E-state index in [0.29, 0.717) is 0 Å². The van der Waals surface area contributed by atoms with E-state index in [1.54, 1.807) is 0 Å². The topological polar surface area (TPSA) is 39.7 Å². The number of rotatable bonds is 4. The minimum absolute atomic E-state index is 0.0227. The number of halogens is 1. The van der Waals surface area contributed by atoms with Crippen LogP contribution >= 0.6 is 0 Å². The van der Waals surface area contributed by atoms with Crippen LogP contribution in [0.1, 0.15) is 30.2 Å². The number of ether oxygens (including phenoxy) is 3. The fourth-order valence-corrected chi connectivity index (χ4v) is 2.44. The smallest absolute Gasteiger partial charge is 0.231 e. The van der Waals surface area contributed by atoms with Crippen molar-refractivity contribution < 1.29 is 30.9 Å². The van der Waals surface area contributed by atoms with E-state index in [1.165, 1.54) is 30.3 Å². The number of hydrogen-bond acceptors (Lipinski definition) is 4. The van der Waals surface area contributed by atoms with Gasteiger partial charge >= 0.3 is 0 Å². The van der Waals surface area contributed by atoms with E-state index < -0.39 is 50.3 Å². The first-order valence-corrected chi connectivity index (χ1v) is 7.30. The molecule has 0 saturated carbocycles. The minimum Gasteiger partial charge on any atom is -0.493 e. The molecule has 0 radical (unpaired) electrons. The van der Waals surface area contributed by atoms with Gasteiger partial charge < -0.3 is 19.5 Å². The summed E-state index contributed by atoms with van der Waals surface area (Å²) in [6, 6.07) is 8.22. The average molecular weight is 338 g/mol. The Labute approximate surface area is 153 Å². The fourth-order valence-electron chi connectivity index (χ4n) is 2.44. The van der Waals surface area contributed by atoms with Gasteiger partial charge in [-0.15, -0.1) is 0 Å². The molecule has 0 spiro atoms. The number of benzene rings is 2. The third kappa shape index (κ3) is 3.17. The molecule has 1 fully saturated rings. The Kier molecular flexibility index (Phi) is 2.29. The van der Waals surface area contributed by atoms with E-state index in [4.69, 9.17) is 26.5 Å². The molecule has 0 aliphatic carbocycles. The van der Waals surface area contributed by atoms with Crippen LogP contribution in [0.15, 0.2) is 42.5 Å². The quantitative estimate of drug-likeness (QED) is 0.928. The second-order valence-corrected chi connectivity index (χ2v) is 5.20. The number of nitrogens with one attached hydrogen (secondary N) is 1. The molecule has 0 aromatic heterocycles. The molecule has 1 saturated heterocycles. The molecule has 2 aliphatic rings. The molecule has 1 N–H and O–H groups in total. The van der Waals surface area contributed by atoms with Gasteiger partial charge in [0, 0.05) is 25.3 Å². The molecular formula is C19H20FNO3. The summed E-state index contributed by atoms with van der Waals surface area (Å²) in [7, 11) is 0. The van der Waals surface area contributed by atoms with Gasteiger partial charge in [-0.1, -0.05) is 12.1 Å². The van der Waals surface area contributed by atoms with Crippen molar-refractivity contribution in [1.82, 2.24) is 5.32 Å². The Morgan fingerprint density at radius 1 is 1.25 bits per heavy atom. The molecule has 4 rings (SSSR count). The highest BCUT2D eigenvalue weighted by Gasteiger charge is 2.27. The number of piperidine rings is 1. The maximum absolute atomic E-state index is 13.5. The molecule has 2 aromatic rings. The summed E-state index contributed by atoms with van der Waals surface area (Å²) in [5.41, 5.74) is 0.0227. The second-order valence-electron chi connectivity index (χ2n) is 5.20. The lowest BCUT2D eigenvalue weighted by Gasteiger charge is -2.32. The first-order chi connectivity index (χ1) is 15.0. The lowest BCUT2D eigenvalue weighted by atomic mass is 9.81.